The lowest BCUT2D eigenvalue weighted by Gasteiger charge is -2.17. The number of nitrogens with one attached hydrogen (secondary N) is 2. The monoisotopic (exact) mass is 400 g/mol. The first-order valence-electron chi connectivity index (χ1n) is 7.77. The maximum Gasteiger partial charge on any atom is 0.247 e. The lowest BCUT2D eigenvalue weighted by Crippen LogP contribution is -2.41. The van der Waals surface area contributed by atoms with Gasteiger partial charge in [-0.1, -0.05) is 12.1 Å². The highest BCUT2D eigenvalue weighted by Crippen LogP contribution is 2.20. The largest absolute Gasteiger partial charge is 0.486 e. The number of nitrogens with two attached hydrogens (primary N) is 1. The third-order valence-corrected chi connectivity index (χ3v) is 5.82. The molecule has 7 nitrogen and oxygen atoms in total. The molecule has 1 aromatic heterocycles. The van der Waals surface area contributed by atoms with E-state index >= 15 is 0 Å². The van der Waals surface area contributed by atoms with Crippen LogP contribution in [0.4, 0.5) is 4.39 Å². The van der Waals surface area contributed by atoms with Gasteiger partial charge in [0.15, 0.2) is 17.5 Å². The maximum absolute atomic E-state index is 13.6. The zero-order valence-corrected chi connectivity index (χ0v) is 16.0. The Kier molecular flexibility index (Phi) is 6.95. The molecule has 10 heteroatoms. The number of guanidine groups is 1. The second kappa shape index (κ2) is 8.97. The maximum atomic E-state index is 13.6. The van der Waals surface area contributed by atoms with E-state index < -0.39 is 15.8 Å². The van der Waals surface area contributed by atoms with Crippen molar-refractivity contribution in [3.63, 3.8) is 0 Å². The molecule has 0 aliphatic carbocycles. The summed E-state index contributed by atoms with van der Waals surface area (Å²) in [6.45, 7) is 2.60. The van der Waals surface area contributed by atoms with Crippen molar-refractivity contribution in [3.05, 3.63) is 47.1 Å². The zero-order chi connectivity index (χ0) is 19.2. The van der Waals surface area contributed by atoms with E-state index in [1.54, 1.807) is 31.3 Å². The minimum absolute atomic E-state index is 0.115. The van der Waals surface area contributed by atoms with Crippen LogP contribution in [0.1, 0.15) is 11.8 Å². The molecule has 1 aromatic carbocycles. The van der Waals surface area contributed by atoms with Gasteiger partial charge in [0.2, 0.25) is 10.0 Å². The Morgan fingerprint density at radius 2 is 2.04 bits per heavy atom. The Bertz CT molecular complexity index is 868. The van der Waals surface area contributed by atoms with Crippen LogP contribution in [0, 0.1) is 5.82 Å². The van der Waals surface area contributed by atoms with Gasteiger partial charge in [-0.2, -0.15) is 0 Å². The third-order valence-electron chi connectivity index (χ3n) is 3.29. The van der Waals surface area contributed by atoms with Crippen LogP contribution in [0.25, 0.3) is 0 Å². The molecule has 2 aromatic rings. The lowest BCUT2D eigenvalue weighted by molar-refractivity contribution is 0.214. The van der Waals surface area contributed by atoms with Gasteiger partial charge >= 0.3 is 0 Å². The zero-order valence-electron chi connectivity index (χ0n) is 14.4. The van der Waals surface area contributed by atoms with Crippen LogP contribution < -0.4 is 20.5 Å². The van der Waals surface area contributed by atoms with E-state index in [1.807, 2.05) is 6.92 Å². The molecule has 1 atom stereocenters. The number of ether oxygens (including phenoxy) is 1. The van der Waals surface area contributed by atoms with Crippen LogP contribution in [0.5, 0.6) is 5.75 Å². The van der Waals surface area contributed by atoms with Crippen molar-refractivity contribution in [1.29, 1.82) is 0 Å². The second-order valence-electron chi connectivity index (χ2n) is 5.43. The molecule has 4 N–H and O–H groups in total. The van der Waals surface area contributed by atoms with Gasteiger partial charge in [-0.3, -0.25) is 4.99 Å². The average molecular weight is 401 g/mol. The first-order chi connectivity index (χ1) is 12.3. The molecule has 1 heterocycles. The van der Waals surface area contributed by atoms with Crippen molar-refractivity contribution in [3.8, 4) is 5.75 Å². The van der Waals surface area contributed by atoms with Crippen LogP contribution in [-0.2, 0) is 16.6 Å². The Balaban J connectivity index is 1.82. The summed E-state index contributed by atoms with van der Waals surface area (Å²) in [5.41, 5.74) is 0. The minimum Gasteiger partial charge on any atom is -0.486 e. The normalized spacial score (nSPS) is 13.3. The molecule has 0 fully saturated rings. The molecule has 0 aliphatic rings. The highest BCUT2D eigenvalue weighted by Gasteiger charge is 2.12. The summed E-state index contributed by atoms with van der Waals surface area (Å²) in [5, 5.41) is 11.2. The van der Waals surface area contributed by atoms with E-state index in [-0.39, 0.29) is 16.1 Å². The first-order valence-corrected chi connectivity index (χ1v) is 10.1. The van der Waals surface area contributed by atoms with Gasteiger partial charge in [0.25, 0.3) is 0 Å². The third kappa shape index (κ3) is 5.97. The Hall–Kier alpha value is -2.17. The van der Waals surface area contributed by atoms with Crippen molar-refractivity contribution < 1.29 is 17.5 Å². The highest BCUT2D eigenvalue weighted by molar-refractivity contribution is 7.91. The molecule has 0 spiro atoms. The number of nitrogens with zero attached hydrogens (tertiary/aromatic N) is 1. The second-order valence-corrected chi connectivity index (χ2v) is 8.39. The molecule has 0 aliphatic heterocycles. The molecule has 0 saturated heterocycles. The van der Waals surface area contributed by atoms with Crippen LogP contribution in [0.3, 0.4) is 0 Å². The number of aliphatic imine (C=N–C) groups is 1. The fraction of sp³-hybridized carbons (Fsp3) is 0.312. The molecule has 0 bridgehead atoms. The number of thiophene rings is 1. The molecule has 26 heavy (non-hydrogen) atoms. The van der Waals surface area contributed by atoms with E-state index in [0.717, 1.165) is 16.2 Å². The van der Waals surface area contributed by atoms with Gasteiger partial charge in [-0.15, -0.1) is 11.3 Å². The first kappa shape index (κ1) is 20.1. The summed E-state index contributed by atoms with van der Waals surface area (Å²) in [6, 6.07) is 9.37. The number of para-hydroxylation sites is 1. The number of hydrogen-bond acceptors (Lipinski definition) is 5. The molecule has 2 rings (SSSR count). The summed E-state index contributed by atoms with van der Waals surface area (Å²) < 4.78 is 41.8. The Morgan fingerprint density at radius 1 is 1.31 bits per heavy atom. The summed E-state index contributed by atoms with van der Waals surface area (Å²) in [5.74, 6) is 0.295. The average Bonchev–Trinajstić information content (AvgIpc) is 3.06. The molecule has 0 radical (unpaired) electrons. The molecule has 0 saturated carbocycles. The number of halogens is 1. The van der Waals surface area contributed by atoms with Crippen LogP contribution in [-0.4, -0.2) is 34.1 Å². The molecular formula is C16H21FN4O3S2. The van der Waals surface area contributed by atoms with Crippen molar-refractivity contribution in [2.24, 2.45) is 10.1 Å². The summed E-state index contributed by atoms with van der Waals surface area (Å²) in [6.07, 6.45) is -0.291. The predicted molar refractivity (Wildman–Crippen MR) is 100 cm³/mol. The quantitative estimate of drug-likeness (QED) is 0.484. The van der Waals surface area contributed by atoms with Crippen LogP contribution in [0.15, 0.2) is 45.6 Å². The fourth-order valence-electron chi connectivity index (χ4n) is 2.04. The van der Waals surface area contributed by atoms with Crippen LogP contribution >= 0.6 is 11.3 Å². The molecule has 0 amide bonds. The minimum atomic E-state index is -3.68. The summed E-state index contributed by atoms with van der Waals surface area (Å²) in [7, 11) is -2.07. The smallest absolute Gasteiger partial charge is 0.247 e. The van der Waals surface area contributed by atoms with Crippen molar-refractivity contribution in [2.45, 2.75) is 23.8 Å². The van der Waals surface area contributed by atoms with Gasteiger partial charge in [-0.05, 0) is 31.2 Å². The molecule has 142 valence electrons. The Labute approximate surface area is 156 Å². The molecule has 1 unspecified atom stereocenters. The predicted octanol–water partition coefficient (Wildman–Crippen LogP) is 1.67. The summed E-state index contributed by atoms with van der Waals surface area (Å²) >= 11 is 1.10. The SMILES string of the molecule is CN=C(NCc1ccc(S(N)(=O)=O)s1)NCC(C)Oc1ccccc1F. The van der Waals surface area contributed by atoms with Gasteiger partial charge in [0.1, 0.15) is 10.3 Å². The summed E-state index contributed by atoms with van der Waals surface area (Å²) in [4.78, 5) is 4.88. The van der Waals surface area contributed by atoms with E-state index in [4.69, 9.17) is 9.88 Å². The molecular weight excluding hydrogens is 379 g/mol. The standard InChI is InChI=1S/C16H21FN4O3S2/c1-11(24-14-6-4-3-5-13(14)17)9-20-16(19-2)21-10-12-7-8-15(25-12)26(18,22)23/h3-8,11H,9-10H2,1-2H3,(H2,18,22,23)(H2,19,20,21). The van der Waals surface area contributed by atoms with Gasteiger partial charge in [0, 0.05) is 11.9 Å². The fourth-order valence-corrected chi connectivity index (χ4v) is 3.76. The van der Waals surface area contributed by atoms with Gasteiger partial charge < -0.3 is 15.4 Å². The van der Waals surface area contributed by atoms with Crippen molar-refractivity contribution in [2.75, 3.05) is 13.6 Å². The number of sulfonamides is 1. The number of primary sulfonamides is 1. The van der Waals surface area contributed by atoms with Crippen molar-refractivity contribution in [1.82, 2.24) is 10.6 Å². The van der Waals surface area contributed by atoms with Crippen molar-refractivity contribution >= 4 is 27.3 Å². The Morgan fingerprint density at radius 3 is 2.65 bits per heavy atom. The number of rotatable bonds is 7. The van der Waals surface area contributed by atoms with E-state index in [1.165, 1.54) is 12.1 Å². The van der Waals surface area contributed by atoms with Gasteiger partial charge in [-0.25, -0.2) is 17.9 Å². The number of hydrogen-bond donors (Lipinski definition) is 3. The van der Waals surface area contributed by atoms with E-state index in [0.29, 0.717) is 19.0 Å². The topological polar surface area (TPSA) is 106 Å². The van der Waals surface area contributed by atoms with Crippen LogP contribution in [0.2, 0.25) is 0 Å². The number of benzene rings is 1. The van der Waals surface area contributed by atoms with E-state index in [2.05, 4.69) is 15.6 Å². The lowest BCUT2D eigenvalue weighted by atomic mass is 10.3. The van der Waals surface area contributed by atoms with E-state index in [9.17, 15) is 12.8 Å². The van der Waals surface area contributed by atoms with Gasteiger partial charge in [0.05, 0.1) is 13.1 Å². The highest BCUT2D eigenvalue weighted by atomic mass is 32.2.